The molecule has 2 heterocycles. The number of oxazole rings is 1. The SMILES string of the molecule is CS(=O)(=O)c1ccc(-c2ccc(-c3ccc(N4CCN(C5CC5)CC4)cc3)c3ncoc23)cc1. The molecule has 0 atom stereocenters. The van der Waals surface area contributed by atoms with Gasteiger partial charge in [0.25, 0.3) is 0 Å². The lowest BCUT2D eigenvalue weighted by Crippen LogP contribution is -2.47. The normalized spacial score (nSPS) is 17.4. The number of hydrogen-bond acceptors (Lipinski definition) is 6. The van der Waals surface area contributed by atoms with Crippen LogP contribution in [0.1, 0.15) is 12.8 Å². The quantitative estimate of drug-likeness (QED) is 0.413. The zero-order chi connectivity index (χ0) is 23.3. The topological polar surface area (TPSA) is 66.7 Å². The molecular weight excluding hydrogens is 446 g/mol. The summed E-state index contributed by atoms with van der Waals surface area (Å²) >= 11 is 0. The number of rotatable bonds is 5. The summed E-state index contributed by atoms with van der Waals surface area (Å²) in [6.45, 7) is 4.46. The van der Waals surface area contributed by atoms with Crippen LogP contribution in [0.15, 0.2) is 76.4 Å². The van der Waals surface area contributed by atoms with E-state index in [1.54, 1.807) is 12.1 Å². The van der Waals surface area contributed by atoms with Crippen molar-refractivity contribution in [2.24, 2.45) is 0 Å². The Hall–Kier alpha value is -3.16. The summed E-state index contributed by atoms with van der Waals surface area (Å²) in [6.07, 6.45) is 5.42. The maximum atomic E-state index is 11.8. The molecule has 174 valence electrons. The largest absolute Gasteiger partial charge is 0.443 e. The number of sulfone groups is 1. The van der Waals surface area contributed by atoms with E-state index in [2.05, 4.69) is 45.1 Å². The second-order valence-electron chi connectivity index (χ2n) is 9.29. The van der Waals surface area contributed by atoms with Crippen molar-refractivity contribution in [2.75, 3.05) is 37.3 Å². The fraction of sp³-hybridized carbons (Fsp3) is 0.296. The monoisotopic (exact) mass is 473 g/mol. The molecule has 0 radical (unpaired) electrons. The van der Waals surface area contributed by atoms with Crippen LogP contribution in [0.5, 0.6) is 0 Å². The number of hydrogen-bond donors (Lipinski definition) is 0. The smallest absolute Gasteiger partial charge is 0.182 e. The van der Waals surface area contributed by atoms with Gasteiger partial charge in [-0.15, -0.1) is 0 Å². The van der Waals surface area contributed by atoms with Crippen molar-refractivity contribution in [2.45, 2.75) is 23.8 Å². The standard InChI is InChI=1S/C27H27N3O3S/c1-34(31,32)23-10-4-20(5-11-23)25-13-12-24(26-27(25)33-18-28-26)19-2-6-21(7-3-19)29-14-16-30(17-15-29)22-8-9-22/h2-7,10-13,18,22H,8-9,14-17H2,1H3. The van der Waals surface area contributed by atoms with Crippen molar-refractivity contribution in [1.82, 2.24) is 9.88 Å². The molecule has 3 aromatic carbocycles. The van der Waals surface area contributed by atoms with Gasteiger partial charge in [0.2, 0.25) is 0 Å². The van der Waals surface area contributed by atoms with Crippen LogP contribution in [0.2, 0.25) is 0 Å². The summed E-state index contributed by atoms with van der Waals surface area (Å²) in [6, 6.07) is 20.5. The molecule has 1 aliphatic carbocycles. The first-order valence-electron chi connectivity index (χ1n) is 11.7. The lowest BCUT2D eigenvalue weighted by atomic mass is 9.98. The highest BCUT2D eigenvalue weighted by atomic mass is 32.2. The number of aromatic nitrogens is 1. The zero-order valence-corrected chi connectivity index (χ0v) is 20.0. The highest BCUT2D eigenvalue weighted by molar-refractivity contribution is 7.90. The number of benzene rings is 3. The van der Waals surface area contributed by atoms with Crippen LogP contribution in [-0.4, -0.2) is 56.8 Å². The van der Waals surface area contributed by atoms with Crippen LogP contribution >= 0.6 is 0 Å². The van der Waals surface area contributed by atoms with E-state index in [1.807, 2.05) is 18.2 Å². The Morgan fingerprint density at radius 1 is 0.824 bits per heavy atom. The molecule has 6 nitrogen and oxygen atoms in total. The van der Waals surface area contributed by atoms with Gasteiger partial charge in [-0.3, -0.25) is 4.90 Å². The third-order valence-corrected chi connectivity index (χ3v) is 8.13. The van der Waals surface area contributed by atoms with E-state index >= 15 is 0 Å². The molecule has 6 rings (SSSR count). The lowest BCUT2D eigenvalue weighted by Gasteiger charge is -2.36. The molecule has 1 saturated heterocycles. The molecule has 1 saturated carbocycles. The summed E-state index contributed by atoms with van der Waals surface area (Å²) in [5, 5.41) is 0. The minimum Gasteiger partial charge on any atom is -0.443 e. The molecular formula is C27H27N3O3S. The highest BCUT2D eigenvalue weighted by Gasteiger charge is 2.31. The molecule has 4 aromatic rings. The Morgan fingerprint density at radius 3 is 2.09 bits per heavy atom. The van der Waals surface area contributed by atoms with E-state index in [-0.39, 0.29) is 0 Å². The Kier molecular flexibility index (Phi) is 5.19. The Bertz CT molecular complexity index is 1430. The first-order chi connectivity index (χ1) is 16.5. The van der Waals surface area contributed by atoms with Crippen LogP contribution in [0.25, 0.3) is 33.4 Å². The van der Waals surface area contributed by atoms with Gasteiger partial charge in [-0.05, 0) is 54.3 Å². The molecule has 0 amide bonds. The molecule has 1 aromatic heterocycles. The molecule has 0 spiro atoms. The van der Waals surface area contributed by atoms with Crippen LogP contribution in [0.3, 0.4) is 0 Å². The summed E-state index contributed by atoms with van der Waals surface area (Å²) in [5.41, 5.74) is 6.66. The number of fused-ring (bicyclic) bond motifs is 1. The van der Waals surface area contributed by atoms with E-state index in [0.29, 0.717) is 10.5 Å². The van der Waals surface area contributed by atoms with Crippen molar-refractivity contribution < 1.29 is 12.8 Å². The molecule has 2 aliphatic rings. The van der Waals surface area contributed by atoms with Crippen molar-refractivity contribution in [1.29, 1.82) is 0 Å². The Balaban J connectivity index is 1.27. The third kappa shape index (κ3) is 3.99. The van der Waals surface area contributed by atoms with Gasteiger partial charge in [0.15, 0.2) is 21.8 Å². The summed E-state index contributed by atoms with van der Waals surface area (Å²) in [4.78, 5) is 9.90. The molecule has 7 heteroatoms. The van der Waals surface area contributed by atoms with Crippen molar-refractivity contribution in [3.05, 3.63) is 67.1 Å². The predicted octanol–water partition coefficient (Wildman–Crippen LogP) is 4.85. The maximum Gasteiger partial charge on any atom is 0.182 e. The van der Waals surface area contributed by atoms with Crippen LogP contribution in [0, 0.1) is 0 Å². The van der Waals surface area contributed by atoms with E-state index in [9.17, 15) is 8.42 Å². The van der Waals surface area contributed by atoms with E-state index < -0.39 is 9.84 Å². The molecule has 34 heavy (non-hydrogen) atoms. The Labute approximate surface area is 199 Å². The first-order valence-corrected chi connectivity index (χ1v) is 13.6. The summed E-state index contributed by atoms with van der Waals surface area (Å²) < 4.78 is 29.4. The lowest BCUT2D eigenvalue weighted by molar-refractivity contribution is 0.248. The molecule has 0 N–H and O–H groups in total. The fourth-order valence-electron chi connectivity index (χ4n) is 4.93. The highest BCUT2D eigenvalue weighted by Crippen LogP contribution is 2.36. The Morgan fingerprint density at radius 2 is 1.44 bits per heavy atom. The van der Waals surface area contributed by atoms with Gasteiger partial charge in [-0.1, -0.05) is 30.3 Å². The minimum absolute atomic E-state index is 0.302. The van der Waals surface area contributed by atoms with Gasteiger partial charge in [-0.25, -0.2) is 13.4 Å². The van der Waals surface area contributed by atoms with Crippen molar-refractivity contribution in [3.63, 3.8) is 0 Å². The van der Waals surface area contributed by atoms with Crippen LogP contribution in [-0.2, 0) is 9.84 Å². The van der Waals surface area contributed by atoms with Gasteiger partial charge < -0.3 is 9.32 Å². The van der Waals surface area contributed by atoms with Gasteiger partial charge in [0.05, 0.1) is 4.90 Å². The van der Waals surface area contributed by atoms with E-state index in [0.717, 1.165) is 60.0 Å². The van der Waals surface area contributed by atoms with Gasteiger partial charge >= 0.3 is 0 Å². The zero-order valence-electron chi connectivity index (χ0n) is 19.1. The number of nitrogens with zero attached hydrogens (tertiary/aromatic N) is 3. The average Bonchev–Trinajstić information content (AvgIpc) is 3.59. The van der Waals surface area contributed by atoms with E-state index in [1.165, 1.54) is 31.2 Å². The van der Waals surface area contributed by atoms with Crippen molar-refractivity contribution in [3.8, 4) is 22.3 Å². The van der Waals surface area contributed by atoms with E-state index in [4.69, 9.17) is 4.42 Å². The number of anilines is 1. The summed E-state index contributed by atoms with van der Waals surface area (Å²) in [5.74, 6) is 0. The van der Waals surface area contributed by atoms with Crippen LogP contribution < -0.4 is 4.90 Å². The maximum absolute atomic E-state index is 11.8. The molecule has 0 unspecified atom stereocenters. The van der Waals surface area contributed by atoms with Crippen molar-refractivity contribution >= 4 is 26.6 Å². The first kappa shape index (κ1) is 21.4. The van der Waals surface area contributed by atoms with Gasteiger partial charge in [-0.2, -0.15) is 0 Å². The summed E-state index contributed by atoms with van der Waals surface area (Å²) in [7, 11) is -3.23. The second-order valence-corrected chi connectivity index (χ2v) is 11.3. The third-order valence-electron chi connectivity index (χ3n) is 7.00. The average molecular weight is 474 g/mol. The molecule has 1 aliphatic heterocycles. The van der Waals surface area contributed by atoms with Gasteiger partial charge in [0.1, 0.15) is 5.52 Å². The predicted molar refractivity (Wildman–Crippen MR) is 135 cm³/mol. The molecule has 0 bridgehead atoms. The second kappa shape index (κ2) is 8.25. The van der Waals surface area contributed by atoms with Crippen LogP contribution in [0.4, 0.5) is 5.69 Å². The van der Waals surface area contributed by atoms with Gasteiger partial charge in [0, 0.05) is 55.3 Å². The minimum atomic E-state index is -3.23. The molecule has 2 fully saturated rings. The number of piperazine rings is 1. The fourth-order valence-corrected chi connectivity index (χ4v) is 5.56.